The number of aryl methyl sites for hydroxylation is 2. The van der Waals surface area contributed by atoms with Crippen molar-refractivity contribution in [2.24, 2.45) is 0 Å². The molecule has 0 fully saturated rings. The van der Waals surface area contributed by atoms with Gasteiger partial charge < -0.3 is 5.73 Å². The first-order chi connectivity index (χ1) is 8.72. The maximum absolute atomic E-state index is 11.9. The van der Waals surface area contributed by atoms with Crippen LogP contribution in [0.4, 0.5) is 10.9 Å². The average molecular weight is 261 g/mol. The number of fused-ring (bicyclic) bond motifs is 1. The number of thiazole rings is 1. The Morgan fingerprint density at radius 2 is 2.22 bits per heavy atom. The van der Waals surface area contributed by atoms with Gasteiger partial charge in [0.25, 0.3) is 5.91 Å². The third-order valence-electron chi connectivity index (χ3n) is 2.72. The zero-order valence-electron chi connectivity index (χ0n) is 9.51. The van der Waals surface area contributed by atoms with Crippen LogP contribution in [0, 0.1) is 0 Å². The quantitative estimate of drug-likeness (QED) is 0.848. The van der Waals surface area contributed by atoms with Gasteiger partial charge >= 0.3 is 0 Å². The van der Waals surface area contributed by atoms with E-state index >= 15 is 0 Å². The Balaban J connectivity index is 1.75. The number of carbonyl (C=O) groups is 1. The maximum atomic E-state index is 11.9. The van der Waals surface area contributed by atoms with E-state index in [0.717, 1.165) is 25.0 Å². The molecule has 0 atom stereocenters. The number of carbonyl (C=O) groups excluding carboxylic acids is 1. The fourth-order valence-corrected chi connectivity index (χ4v) is 2.91. The van der Waals surface area contributed by atoms with Gasteiger partial charge in [0.05, 0.1) is 18.1 Å². The van der Waals surface area contributed by atoms with Crippen LogP contribution < -0.4 is 11.1 Å². The topological polar surface area (TPSA) is 93.8 Å². The van der Waals surface area contributed by atoms with Crippen LogP contribution in [0.5, 0.6) is 0 Å². The molecule has 18 heavy (non-hydrogen) atoms. The van der Waals surface area contributed by atoms with Crippen LogP contribution in [0.3, 0.4) is 0 Å². The number of nitrogens with zero attached hydrogens (tertiary/aromatic N) is 3. The monoisotopic (exact) mass is 261 g/mol. The van der Waals surface area contributed by atoms with Crippen LogP contribution >= 0.6 is 11.3 Å². The van der Waals surface area contributed by atoms with Gasteiger partial charge in [0.2, 0.25) is 0 Å². The molecular formula is C11H11N5OS. The lowest BCUT2D eigenvalue weighted by molar-refractivity contribution is 0.102. The van der Waals surface area contributed by atoms with Crippen molar-refractivity contribution < 1.29 is 4.79 Å². The van der Waals surface area contributed by atoms with E-state index in [9.17, 15) is 4.79 Å². The molecule has 0 aromatic carbocycles. The molecular weight excluding hydrogens is 250 g/mol. The van der Waals surface area contributed by atoms with E-state index in [2.05, 4.69) is 20.3 Å². The van der Waals surface area contributed by atoms with Crippen molar-refractivity contribution in [2.45, 2.75) is 19.3 Å². The highest BCUT2D eigenvalue weighted by atomic mass is 32.1. The largest absolute Gasteiger partial charge is 0.382 e. The second-order valence-corrected chi connectivity index (χ2v) is 5.11. The summed E-state index contributed by atoms with van der Waals surface area (Å²) in [5.74, 6) is -0.0188. The molecule has 0 radical (unpaired) electrons. The van der Waals surface area contributed by atoms with Crippen LogP contribution in [0.1, 0.15) is 27.5 Å². The molecule has 92 valence electrons. The molecule has 2 heterocycles. The van der Waals surface area contributed by atoms with Crippen LogP contribution in [0.15, 0.2) is 12.4 Å². The smallest absolute Gasteiger partial charge is 0.277 e. The van der Waals surface area contributed by atoms with Gasteiger partial charge in [-0.15, -0.1) is 11.3 Å². The highest BCUT2D eigenvalue weighted by Crippen LogP contribution is 2.30. The zero-order valence-corrected chi connectivity index (χ0v) is 10.3. The summed E-state index contributed by atoms with van der Waals surface area (Å²) in [5.41, 5.74) is 6.76. The Hall–Kier alpha value is -2.02. The summed E-state index contributed by atoms with van der Waals surface area (Å²) in [7, 11) is 0. The first-order valence-electron chi connectivity index (χ1n) is 5.60. The number of nitrogens with one attached hydrogen (secondary N) is 1. The van der Waals surface area contributed by atoms with Crippen molar-refractivity contribution in [3.05, 3.63) is 28.7 Å². The normalized spacial score (nSPS) is 13.3. The fraction of sp³-hybridized carbons (Fsp3) is 0.273. The Bertz CT molecular complexity index is 570. The molecule has 6 nitrogen and oxygen atoms in total. The van der Waals surface area contributed by atoms with Crippen molar-refractivity contribution in [1.29, 1.82) is 0 Å². The molecule has 3 N–H and O–H groups in total. The van der Waals surface area contributed by atoms with Gasteiger partial charge in [-0.25, -0.2) is 15.0 Å². The zero-order chi connectivity index (χ0) is 12.5. The summed E-state index contributed by atoms with van der Waals surface area (Å²) >= 11 is 1.53. The molecule has 7 heteroatoms. The summed E-state index contributed by atoms with van der Waals surface area (Å²) in [6, 6.07) is 0. The molecule has 0 spiro atoms. The summed E-state index contributed by atoms with van der Waals surface area (Å²) in [4.78, 5) is 25.3. The number of rotatable bonds is 2. The highest BCUT2D eigenvalue weighted by Gasteiger charge is 2.18. The molecule has 0 saturated carbocycles. The van der Waals surface area contributed by atoms with Crippen molar-refractivity contribution in [3.8, 4) is 0 Å². The molecule has 3 rings (SSSR count). The first kappa shape index (κ1) is 11.1. The number of nitrogen functional groups attached to an aromatic ring is 1. The van der Waals surface area contributed by atoms with Crippen LogP contribution in [-0.2, 0) is 12.8 Å². The second kappa shape index (κ2) is 4.34. The lowest BCUT2D eigenvalue weighted by atomic mass is 10.4. The fourth-order valence-electron chi connectivity index (χ4n) is 1.86. The third kappa shape index (κ3) is 2.04. The minimum Gasteiger partial charge on any atom is -0.382 e. The Morgan fingerprint density at radius 3 is 2.94 bits per heavy atom. The summed E-state index contributed by atoms with van der Waals surface area (Å²) in [6.45, 7) is 0. The predicted molar refractivity (Wildman–Crippen MR) is 68.5 cm³/mol. The van der Waals surface area contributed by atoms with E-state index in [4.69, 9.17) is 5.73 Å². The van der Waals surface area contributed by atoms with Gasteiger partial charge in [-0.2, -0.15) is 0 Å². The molecule has 0 unspecified atom stereocenters. The van der Waals surface area contributed by atoms with E-state index in [1.165, 1.54) is 28.6 Å². The number of anilines is 2. The summed E-state index contributed by atoms with van der Waals surface area (Å²) < 4.78 is 0. The maximum Gasteiger partial charge on any atom is 0.277 e. The molecule has 0 bridgehead atoms. The lowest BCUT2D eigenvalue weighted by Crippen LogP contribution is -2.14. The molecule has 0 aliphatic heterocycles. The SMILES string of the molecule is Nc1cnc(C(=O)Nc2nc3c(s2)CCC3)cn1. The highest BCUT2D eigenvalue weighted by molar-refractivity contribution is 7.15. The van der Waals surface area contributed by atoms with Crippen molar-refractivity contribution in [3.63, 3.8) is 0 Å². The first-order valence-corrected chi connectivity index (χ1v) is 6.41. The molecule has 2 aromatic heterocycles. The van der Waals surface area contributed by atoms with E-state index in [-0.39, 0.29) is 11.6 Å². The van der Waals surface area contributed by atoms with Crippen LogP contribution in [0.2, 0.25) is 0 Å². The van der Waals surface area contributed by atoms with Crippen LogP contribution in [0.25, 0.3) is 0 Å². The van der Waals surface area contributed by atoms with Gasteiger partial charge in [0.15, 0.2) is 5.13 Å². The van der Waals surface area contributed by atoms with Crippen molar-refractivity contribution in [2.75, 3.05) is 11.1 Å². The minimum atomic E-state index is -0.310. The minimum absolute atomic E-state index is 0.236. The van der Waals surface area contributed by atoms with Gasteiger partial charge in [-0.05, 0) is 19.3 Å². The average Bonchev–Trinajstić information content (AvgIpc) is 2.90. The summed E-state index contributed by atoms with van der Waals surface area (Å²) in [6.07, 6.45) is 5.93. The van der Waals surface area contributed by atoms with E-state index in [1.54, 1.807) is 0 Å². The number of nitrogens with two attached hydrogens (primary N) is 1. The molecule has 2 aromatic rings. The molecule has 0 saturated heterocycles. The predicted octanol–water partition coefficient (Wildman–Crippen LogP) is 1.26. The Morgan fingerprint density at radius 1 is 1.33 bits per heavy atom. The van der Waals surface area contributed by atoms with Gasteiger partial charge in [-0.1, -0.05) is 0 Å². The Kier molecular flexibility index (Phi) is 2.67. The number of hydrogen-bond acceptors (Lipinski definition) is 6. The van der Waals surface area contributed by atoms with Crippen molar-refractivity contribution in [1.82, 2.24) is 15.0 Å². The lowest BCUT2D eigenvalue weighted by Gasteiger charge is -2.00. The third-order valence-corrected chi connectivity index (χ3v) is 3.79. The van der Waals surface area contributed by atoms with E-state index < -0.39 is 0 Å². The standard InChI is InChI=1S/C11H11N5OS/c12-9-5-13-7(4-14-9)10(17)16-11-15-6-2-1-3-8(6)18-11/h4-5H,1-3H2,(H2,12,14)(H,15,16,17). The second-order valence-electron chi connectivity index (χ2n) is 4.02. The van der Waals surface area contributed by atoms with E-state index in [0.29, 0.717) is 10.9 Å². The van der Waals surface area contributed by atoms with Gasteiger partial charge in [0, 0.05) is 4.88 Å². The molecule has 1 aliphatic rings. The summed E-state index contributed by atoms with van der Waals surface area (Å²) in [5, 5.41) is 3.36. The van der Waals surface area contributed by atoms with E-state index in [1.807, 2.05) is 0 Å². The van der Waals surface area contributed by atoms with Crippen molar-refractivity contribution >= 4 is 28.2 Å². The number of aromatic nitrogens is 3. The van der Waals surface area contributed by atoms with Crippen LogP contribution in [-0.4, -0.2) is 20.9 Å². The number of amides is 1. The Labute approximate surface area is 107 Å². The molecule has 1 aliphatic carbocycles. The van der Waals surface area contributed by atoms with Gasteiger partial charge in [0.1, 0.15) is 11.5 Å². The number of hydrogen-bond donors (Lipinski definition) is 2. The van der Waals surface area contributed by atoms with Gasteiger partial charge in [-0.3, -0.25) is 10.1 Å². The molecule has 1 amide bonds.